The number of carbonyl (C=O) groups excluding carboxylic acids is 1. The molecule has 2 aliphatic rings. The lowest BCUT2D eigenvalue weighted by Crippen LogP contribution is -2.46. The lowest BCUT2D eigenvalue weighted by molar-refractivity contribution is -0.131. The lowest BCUT2D eigenvalue weighted by atomic mass is 10.1. The Bertz CT molecular complexity index is 299. The van der Waals surface area contributed by atoms with Gasteiger partial charge in [0.15, 0.2) is 0 Å². The van der Waals surface area contributed by atoms with E-state index in [1.54, 1.807) is 0 Å². The van der Waals surface area contributed by atoms with Gasteiger partial charge in [-0.2, -0.15) is 0 Å². The molecule has 2 heterocycles. The van der Waals surface area contributed by atoms with Crippen LogP contribution < -0.4 is 5.73 Å². The fraction of sp³-hybridized carbons (Fsp3) is 0.933. The minimum Gasteiger partial charge on any atom is -0.377 e. The molecule has 1 amide bonds. The molecule has 2 fully saturated rings. The van der Waals surface area contributed by atoms with E-state index in [1.807, 2.05) is 4.90 Å². The van der Waals surface area contributed by atoms with Crippen molar-refractivity contribution >= 4 is 5.91 Å². The molecule has 2 unspecified atom stereocenters. The largest absolute Gasteiger partial charge is 0.377 e. The molecule has 2 aliphatic heterocycles. The number of nitrogens with two attached hydrogens (primary N) is 1. The zero-order valence-corrected chi connectivity index (χ0v) is 12.7. The van der Waals surface area contributed by atoms with Crippen LogP contribution in [0.25, 0.3) is 0 Å². The van der Waals surface area contributed by atoms with Crippen molar-refractivity contribution < 1.29 is 9.53 Å². The van der Waals surface area contributed by atoms with E-state index in [9.17, 15) is 4.79 Å². The van der Waals surface area contributed by atoms with E-state index in [0.29, 0.717) is 19.1 Å². The summed E-state index contributed by atoms with van der Waals surface area (Å²) in [6, 6.07) is 0.133. The van der Waals surface area contributed by atoms with Crippen molar-refractivity contribution in [3.63, 3.8) is 0 Å². The zero-order valence-electron chi connectivity index (χ0n) is 12.7. The highest BCUT2D eigenvalue weighted by Crippen LogP contribution is 2.16. The average molecular weight is 283 g/mol. The third-order valence-corrected chi connectivity index (χ3v) is 4.53. The van der Waals surface area contributed by atoms with Crippen LogP contribution in [0.15, 0.2) is 0 Å². The molecule has 0 aromatic carbocycles. The predicted molar refractivity (Wildman–Crippen MR) is 79.5 cm³/mol. The first kappa shape index (κ1) is 15.7. The Kier molecular flexibility index (Phi) is 6.26. The van der Waals surface area contributed by atoms with E-state index in [1.165, 1.54) is 12.8 Å². The monoisotopic (exact) mass is 283 g/mol. The molecule has 2 N–H and O–H groups in total. The number of amides is 1. The van der Waals surface area contributed by atoms with Crippen LogP contribution in [0, 0.1) is 0 Å². The number of nitrogens with zero attached hydrogens (tertiary/aromatic N) is 2. The van der Waals surface area contributed by atoms with Gasteiger partial charge >= 0.3 is 0 Å². The number of rotatable bonds is 6. The molecule has 5 nitrogen and oxygen atoms in total. The van der Waals surface area contributed by atoms with Crippen molar-refractivity contribution in [1.82, 2.24) is 9.80 Å². The predicted octanol–water partition coefficient (Wildman–Crippen LogP) is 0.827. The smallest absolute Gasteiger partial charge is 0.224 e. The fourth-order valence-corrected chi connectivity index (χ4v) is 3.14. The Labute approximate surface area is 122 Å². The number of likely N-dealkylation sites (N-methyl/N-ethyl adjacent to an activating group) is 1. The van der Waals surface area contributed by atoms with E-state index in [-0.39, 0.29) is 11.9 Å². The highest BCUT2D eigenvalue weighted by atomic mass is 16.5. The maximum atomic E-state index is 12.2. The van der Waals surface area contributed by atoms with Gasteiger partial charge in [-0.3, -0.25) is 9.69 Å². The number of hydrogen-bond acceptors (Lipinski definition) is 4. The molecule has 0 bridgehead atoms. The Morgan fingerprint density at radius 2 is 2.10 bits per heavy atom. The van der Waals surface area contributed by atoms with Crippen LogP contribution in [0.4, 0.5) is 0 Å². The molecule has 5 heteroatoms. The molecule has 20 heavy (non-hydrogen) atoms. The number of hydrogen-bond donors (Lipinski definition) is 1. The number of likely N-dealkylation sites (tertiary alicyclic amines) is 1. The van der Waals surface area contributed by atoms with Gasteiger partial charge in [0.1, 0.15) is 0 Å². The second kappa shape index (κ2) is 7.96. The first-order valence-corrected chi connectivity index (χ1v) is 8.00. The number of carbonyl (C=O) groups is 1. The molecule has 0 aliphatic carbocycles. The van der Waals surface area contributed by atoms with E-state index in [2.05, 4.69) is 11.9 Å². The van der Waals surface area contributed by atoms with Gasteiger partial charge in [0, 0.05) is 45.2 Å². The minimum atomic E-state index is 0.133. The standard InChI is InChI=1S/C15H29N3O2/c1-17(12-14-6-2-5-9-20-14)13(11-16)10-15(19)18-7-3-4-8-18/h13-14H,2-12,16H2,1H3. The molecule has 116 valence electrons. The van der Waals surface area contributed by atoms with E-state index in [4.69, 9.17) is 10.5 Å². The Balaban J connectivity index is 1.78. The van der Waals surface area contributed by atoms with Crippen LogP contribution >= 0.6 is 0 Å². The summed E-state index contributed by atoms with van der Waals surface area (Å²) in [5.41, 5.74) is 5.87. The first-order chi connectivity index (χ1) is 9.70. The summed E-state index contributed by atoms with van der Waals surface area (Å²) >= 11 is 0. The molecular formula is C15H29N3O2. The second-order valence-corrected chi connectivity index (χ2v) is 6.11. The molecule has 2 saturated heterocycles. The zero-order chi connectivity index (χ0) is 14.4. The molecular weight excluding hydrogens is 254 g/mol. The third kappa shape index (κ3) is 4.43. The summed E-state index contributed by atoms with van der Waals surface area (Å²) in [5.74, 6) is 0.259. The number of ether oxygens (including phenoxy) is 1. The molecule has 0 radical (unpaired) electrons. The van der Waals surface area contributed by atoms with Crippen molar-refractivity contribution in [3.05, 3.63) is 0 Å². The van der Waals surface area contributed by atoms with Gasteiger partial charge in [0.2, 0.25) is 5.91 Å². The summed E-state index contributed by atoms with van der Waals surface area (Å²) in [7, 11) is 2.06. The van der Waals surface area contributed by atoms with Crippen LogP contribution in [0.3, 0.4) is 0 Å². The SMILES string of the molecule is CN(CC1CCCCO1)C(CN)CC(=O)N1CCCC1. The van der Waals surface area contributed by atoms with Crippen LogP contribution in [0.1, 0.15) is 38.5 Å². The highest BCUT2D eigenvalue weighted by molar-refractivity contribution is 5.77. The van der Waals surface area contributed by atoms with Gasteiger partial charge in [0.25, 0.3) is 0 Å². The van der Waals surface area contributed by atoms with E-state index in [0.717, 1.165) is 45.5 Å². The van der Waals surface area contributed by atoms with Gasteiger partial charge < -0.3 is 15.4 Å². The van der Waals surface area contributed by atoms with Gasteiger partial charge in [-0.05, 0) is 39.2 Å². The second-order valence-electron chi connectivity index (χ2n) is 6.11. The third-order valence-electron chi connectivity index (χ3n) is 4.53. The fourth-order valence-electron chi connectivity index (χ4n) is 3.14. The minimum absolute atomic E-state index is 0.133. The molecule has 0 spiro atoms. The summed E-state index contributed by atoms with van der Waals surface area (Å²) in [5, 5.41) is 0. The summed E-state index contributed by atoms with van der Waals surface area (Å²) in [4.78, 5) is 16.4. The van der Waals surface area contributed by atoms with Crippen molar-refractivity contribution in [2.45, 2.75) is 50.7 Å². The quantitative estimate of drug-likeness (QED) is 0.784. The molecule has 0 saturated carbocycles. The van der Waals surface area contributed by atoms with Gasteiger partial charge in [0.05, 0.1) is 6.10 Å². The highest BCUT2D eigenvalue weighted by Gasteiger charge is 2.25. The Morgan fingerprint density at radius 1 is 1.35 bits per heavy atom. The van der Waals surface area contributed by atoms with Crippen LogP contribution in [0.5, 0.6) is 0 Å². The van der Waals surface area contributed by atoms with Gasteiger partial charge in [-0.25, -0.2) is 0 Å². The van der Waals surface area contributed by atoms with Crippen LogP contribution in [-0.4, -0.2) is 67.7 Å². The summed E-state index contributed by atoms with van der Waals surface area (Å²) in [6.45, 7) is 4.13. The van der Waals surface area contributed by atoms with Crippen molar-refractivity contribution in [3.8, 4) is 0 Å². The summed E-state index contributed by atoms with van der Waals surface area (Å²) < 4.78 is 5.77. The topological polar surface area (TPSA) is 58.8 Å². The molecule has 2 atom stereocenters. The molecule has 0 aromatic heterocycles. The van der Waals surface area contributed by atoms with Crippen molar-refractivity contribution in [2.75, 3.05) is 39.8 Å². The van der Waals surface area contributed by atoms with Crippen molar-refractivity contribution in [1.29, 1.82) is 0 Å². The van der Waals surface area contributed by atoms with Crippen LogP contribution in [-0.2, 0) is 9.53 Å². The maximum absolute atomic E-state index is 12.2. The Morgan fingerprint density at radius 3 is 2.70 bits per heavy atom. The first-order valence-electron chi connectivity index (χ1n) is 8.00. The van der Waals surface area contributed by atoms with Crippen LogP contribution in [0.2, 0.25) is 0 Å². The molecule has 2 rings (SSSR count). The summed E-state index contributed by atoms with van der Waals surface area (Å²) in [6.07, 6.45) is 6.69. The molecule has 0 aromatic rings. The van der Waals surface area contributed by atoms with Gasteiger partial charge in [-0.15, -0.1) is 0 Å². The van der Waals surface area contributed by atoms with Gasteiger partial charge in [-0.1, -0.05) is 0 Å². The lowest BCUT2D eigenvalue weighted by Gasteiger charge is -2.32. The maximum Gasteiger partial charge on any atom is 0.224 e. The van der Waals surface area contributed by atoms with E-state index < -0.39 is 0 Å². The average Bonchev–Trinajstić information content (AvgIpc) is 2.99. The van der Waals surface area contributed by atoms with Crippen molar-refractivity contribution in [2.24, 2.45) is 5.73 Å². The normalized spacial score (nSPS) is 25.1. The Hall–Kier alpha value is -0.650. The van der Waals surface area contributed by atoms with E-state index >= 15 is 0 Å².